The molecule has 3 rings (SSSR count). The molecule has 2 amide bonds. The fraction of sp³-hybridized carbons (Fsp3) is 0.409. The van der Waals surface area contributed by atoms with Gasteiger partial charge in [-0.15, -0.1) is 0 Å². The highest BCUT2D eigenvalue weighted by atomic mass is 16.2. The van der Waals surface area contributed by atoms with E-state index in [1.165, 1.54) is 0 Å². The highest BCUT2D eigenvalue weighted by Gasteiger charge is 2.22. The first-order valence-electron chi connectivity index (χ1n) is 10.0. The van der Waals surface area contributed by atoms with Gasteiger partial charge in [0.25, 0.3) is 11.8 Å². The Morgan fingerprint density at radius 1 is 1.00 bits per heavy atom. The monoisotopic (exact) mass is 395 g/mol. The first-order valence-corrected chi connectivity index (χ1v) is 10.0. The van der Waals surface area contributed by atoms with Gasteiger partial charge in [-0.05, 0) is 63.5 Å². The molecule has 0 unspecified atom stereocenters. The minimum absolute atomic E-state index is 0.00334. The third-order valence-electron chi connectivity index (χ3n) is 5.00. The molecule has 29 heavy (non-hydrogen) atoms. The van der Waals surface area contributed by atoms with Crippen LogP contribution in [0, 0.1) is 0 Å². The molecule has 0 atom stereocenters. The Hall–Kier alpha value is -2.93. The van der Waals surface area contributed by atoms with E-state index < -0.39 is 0 Å². The summed E-state index contributed by atoms with van der Waals surface area (Å²) in [5, 5.41) is 2.91. The van der Waals surface area contributed by atoms with Gasteiger partial charge in [-0.2, -0.15) is 0 Å². The molecule has 0 saturated carbocycles. The van der Waals surface area contributed by atoms with E-state index in [1.807, 2.05) is 37.2 Å². The van der Waals surface area contributed by atoms with Crippen molar-refractivity contribution in [2.24, 2.45) is 0 Å². The van der Waals surface area contributed by atoms with Crippen molar-refractivity contribution in [3.05, 3.63) is 59.8 Å². The number of pyridine rings is 1. The molecule has 1 saturated heterocycles. The normalized spacial score (nSPS) is 14.2. The quantitative estimate of drug-likeness (QED) is 0.723. The zero-order valence-electron chi connectivity index (χ0n) is 17.2. The van der Waals surface area contributed by atoms with Crippen LogP contribution in [-0.2, 0) is 0 Å². The Bertz CT molecular complexity index is 800. The van der Waals surface area contributed by atoms with Crippen molar-refractivity contribution >= 4 is 17.6 Å². The van der Waals surface area contributed by atoms with Gasteiger partial charge in [0.15, 0.2) is 0 Å². The molecule has 2 aromatic rings. The Balaban J connectivity index is 1.50. The largest absolute Gasteiger partial charge is 0.353 e. The molecule has 154 valence electrons. The summed E-state index contributed by atoms with van der Waals surface area (Å²) in [5.74, 6) is 0.843. The van der Waals surface area contributed by atoms with Crippen LogP contribution < -0.4 is 10.2 Å². The van der Waals surface area contributed by atoms with Crippen molar-refractivity contribution in [1.29, 1.82) is 0 Å². The van der Waals surface area contributed by atoms with E-state index >= 15 is 0 Å². The second-order valence-electron chi connectivity index (χ2n) is 7.46. The van der Waals surface area contributed by atoms with Crippen LogP contribution in [0.1, 0.15) is 27.1 Å². The maximum Gasteiger partial charge on any atom is 0.253 e. The summed E-state index contributed by atoms with van der Waals surface area (Å²) >= 11 is 0. The standard InChI is InChI=1S/C22H29N5O2/c1-25(2)13-5-12-24-21(28)18-7-9-19(10-8-18)22(29)27-16-14-26(15-17-27)20-6-3-4-11-23-20/h3-4,6-11H,5,12-17H2,1-2H3,(H,24,28). The molecule has 7 nitrogen and oxygen atoms in total. The minimum Gasteiger partial charge on any atom is -0.353 e. The van der Waals surface area contributed by atoms with Crippen LogP contribution in [0.3, 0.4) is 0 Å². The summed E-state index contributed by atoms with van der Waals surface area (Å²) in [6, 6.07) is 12.8. The summed E-state index contributed by atoms with van der Waals surface area (Å²) in [6.07, 6.45) is 2.69. The number of carbonyl (C=O) groups is 2. The molecule has 0 spiro atoms. The van der Waals surface area contributed by atoms with Gasteiger partial charge in [0.1, 0.15) is 5.82 Å². The van der Waals surface area contributed by atoms with Crippen LogP contribution in [0.15, 0.2) is 48.7 Å². The van der Waals surface area contributed by atoms with Crippen molar-refractivity contribution in [3.63, 3.8) is 0 Å². The van der Waals surface area contributed by atoms with Crippen molar-refractivity contribution in [1.82, 2.24) is 20.1 Å². The Labute approximate surface area is 172 Å². The molecule has 1 aliphatic rings. The number of amides is 2. The van der Waals surface area contributed by atoms with Crippen molar-refractivity contribution in [3.8, 4) is 0 Å². The smallest absolute Gasteiger partial charge is 0.253 e. The third kappa shape index (κ3) is 5.77. The molecule has 1 aromatic heterocycles. The predicted molar refractivity (Wildman–Crippen MR) is 114 cm³/mol. The van der Waals surface area contributed by atoms with Gasteiger partial charge in [-0.1, -0.05) is 6.07 Å². The van der Waals surface area contributed by atoms with E-state index in [0.717, 1.165) is 31.9 Å². The van der Waals surface area contributed by atoms with Crippen LogP contribution in [0.25, 0.3) is 0 Å². The average molecular weight is 396 g/mol. The van der Waals surface area contributed by atoms with Crippen LogP contribution in [-0.4, -0.2) is 80.0 Å². The van der Waals surface area contributed by atoms with Crippen LogP contribution in [0.5, 0.6) is 0 Å². The number of benzene rings is 1. The highest BCUT2D eigenvalue weighted by molar-refractivity contribution is 5.97. The molecule has 1 fully saturated rings. The van der Waals surface area contributed by atoms with Gasteiger partial charge in [-0.25, -0.2) is 4.98 Å². The third-order valence-corrected chi connectivity index (χ3v) is 5.00. The number of rotatable bonds is 7. The van der Waals surface area contributed by atoms with E-state index in [2.05, 4.69) is 20.1 Å². The number of hydrogen-bond acceptors (Lipinski definition) is 5. The molecular formula is C22H29N5O2. The summed E-state index contributed by atoms with van der Waals surface area (Å²) in [6.45, 7) is 4.40. The minimum atomic E-state index is -0.105. The molecule has 1 aliphatic heterocycles. The van der Waals surface area contributed by atoms with Gasteiger partial charge in [0, 0.05) is 50.0 Å². The number of nitrogens with zero attached hydrogens (tertiary/aromatic N) is 4. The van der Waals surface area contributed by atoms with Crippen molar-refractivity contribution in [2.75, 3.05) is 58.3 Å². The van der Waals surface area contributed by atoms with Crippen molar-refractivity contribution in [2.45, 2.75) is 6.42 Å². The van der Waals surface area contributed by atoms with Crippen LogP contribution >= 0.6 is 0 Å². The first kappa shape index (κ1) is 20.8. The molecule has 1 aromatic carbocycles. The molecule has 0 bridgehead atoms. The maximum absolute atomic E-state index is 12.8. The lowest BCUT2D eigenvalue weighted by atomic mass is 10.1. The lowest BCUT2D eigenvalue weighted by Gasteiger charge is -2.35. The molecule has 1 N–H and O–H groups in total. The fourth-order valence-corrected chi connectivity index (χ4v) is 3.33. The molecule has 2 heterocycles. The van der Waals surface area contributed by atoms with Crippen LogP contribution in [0.4, 0.5) is 5.82 Å². The van der Waals surface area contributed by atoms with Crippen molar-refractivity contribution < 1.29 is 9.59 Å². The summed E-state index contributed by atoms with van der Waals surface area (Å²) < 4.78 is 0. The number of carbonyl (C=O) groups excluding carboxylic acids is 2. The number of anilines is 1. The maximum atomic E-state index is 12.8. The van der Waals surface area contributed by atoms with E-state index in [4.69, 9.17) is 0 Å². The van der Waals surface area contributed by atoms with E-state index in [1.54, 1.807) is 30.5 Å². The van der Waals surface area contributed by atoms with Gasteiger partial charge in [0.05, 0.1) is 0 Å². The van der Waals surface area contributed by atoms with E-state index in [-0.39, 0.29) is 11.8 Å². The zero-order valence-corrected chi connectivity index (χ0v) is 17.2. The van der Waals surface area contributed by atoms with Gasteiger partial charge >= 0.3 is 0 Å². The molecular weight excluding hydrogens is 366 g/mol. The Morgan fingerprint density at radius 3 is 2.31 bits per heavy atom. The van der Waals surface area contributed by atoms with E-state index in [9.17, 15) is 9.59 Å². The van der Waals surface area contributed by atoms with Crippen LogP contribution in [0.2, 0.25) is 0 Å². The second kappa shape index (κ2) is 10.0. The lowest BCUT2D eigenvalue weighted by molar-refractivity contribution is 0.0746. The number of aromatic nitrogens is 1. The number of nitrogens with one attached hydrogen (secondary N) is 1. The lowest BCUT2D eigenvalue weighted by Crippen LogP contribution is -2.49. The van der Waals surface area contributed by atoms with Gasteiger partial charge in [-0.3, -0.25) is 9.59 Å². The predicted octanol–water partition coefficient (Wildman–Crippen LogP) is 1.73. The molecule has 7 heteroatoms. The van der Waals surface area contributed by atoms with Gasteiger partial charge in [0.2, 0.25) is 0 Å². The highest BCUT2D eigenvalue weighted by Crippen LogP contribution is 2.15. The van der Waals surface area contributed by atoms with Gasteiger partial charge < -0.3 is 20.0 Å². The fourth-order valence-electron chi connectivity index (χ4n) is 3.33. The Morgan fingerprint density at radius 2 is 1.69 bits per heavy atom. The van der Waals surface area contributed by atoms with E-state index in [0.29, 0.717) is 30.8 Å². The second-order valence-corrected chi connectivity index (χ2v) is 7.46. The average Bonchev–Trinajstić information content (AvgIpc) is 2.77. The SMILES string of the molecule is CN(C)CCCNC(=O)c1ccc(C(=O)N2CCN(c3ccccn3)CC2)cc1. The number of piperazine rings is 1. The molecule has 0 radical (unpaired) electrons. The summed E-state index contributed by atoms with van der Waals surface area (Å²) in [7, 11) is 4.02. The first-order chi connectivity index (χ1) is 14.0. The summed E-state index contributed by atoms with van der Waals surface area (Å²) in [4.78, 5) is 35.5. The topological polar surface area (TPSA) is 68.8 Å². The Kier molecular flexibility index (Phi) is 7.19. The molecule has 0 aliphatic carbocycles. The number of hydrogen-bond donors (Lipinski definition) is 1. The summed E-state index contributed by atoms with van der Waals surface area (Å²) in [5.41, 5.74) is 1.19. The zero-order chi connectivity index (χ0) is 20.6.